The number of hydrogen-bond acceptors (Lipinski definition) is 4. The van der Waals surface area contributed by atoms with Gasteiger partial charge in [-0.3, -0.25) is 0 Å². The number of nitrogens with one attached hydrogen (secondary N) is 1. The molecule has 92 valence electrons. The first-order valence-electron chi connectivity index (χ1n) is 5.64. The van der Waals surface area contributed by atoms with Crippen LogP contribution in [-0.2, 0) is 9.47 Å². The van der Waals surface area contributed by atoms with Crippen molar-refractivity contribution >= 4 is 11.8 Å². The monoisotopic (exact) mass is 235 g/mol. The molecule has 0 spiro atoms. The van der Waals surface area contributed by atoms with Crippen molar-refractivity contribution in [2.45, 2.75) is 25.8 Å². The second-order valence-corrected chi connectivity index (χ2v) is 4.38. The van der Waals surface area contributed by atoms with E-state index in [0.717, 1.165) is 19.6 Å². The molecule has 0 fully saturated rings. The largest absolute Gasteiger partial charge is 0.382 e. The first-order valence-corrected chi connectivity index (χ1v) is 7.03. The second-order valence-electron chi connectivity index (χ2n) is 3.47. The Bertz CT molecular complexity index is 125. The average Bonchev–Trinajstić information content (AvgIpc) is 2.26. The van der Waals surface area contributed by atoms with E-state index in [9.17, 15) is 0 Å². The van der Waals surface area contributed by atoms with Crippen LogP contribution in [0.2, 0.25) is 0 Å². The Balaban J connectivity index is 3.14. The van der Waals surface area contributed by atoms with E-state index in [0.29, 0.717) is 19.3 Å². The molecule has 1 N–H and O–H groups in total. The highest BCUT2D eigenvalue weighted by Crippen LogP contribution is 2.00. The Morgan fingerprint density at radius 2 is 2.07 bits per heavy atom. The molecule has 0 aromatic rings. The van der Waals surface area contributed by atoms with Crippen LogP contribution >= 0.6 is 11.8 Å². The first-order chi connectivity index (χ1) is 7.35. The van der Waals surface area contributed by atoms with Crippen LogP contribution in [-0.4, -0.2) is 51.5 Å². The fourth-order valence-electron chi connectivity index (χ4n) is 1.25. The van der Waals surface area contributed by atoms with Crippen molar-refractivity contribution in [1.29, 1.82) is 0 Å². The van der Waals surface area contributed by atoms with Crippen LogP contribution in [0.3, 0.4) is 0 Å². The summed E-state index contributed by atoms with van der Waals surface area (Å²) in [5.74, 6) is 1.20. The van der Waals surface area contributed by atoms with E-state index >= 15 is 0 Å². The molecule has 3 nitrogen and oxygen atoms in total. The summed E-state index contributed by atoms with van der Waals surface area (Å²) in [6.45, 7) is 5.50. The summed E-state index contributed by atoms with van der Waals surface area (Å²) < 4.78 is 10.3. The predicted octanol–water partition coefficient (Wildman–Crippen LogP) is 1.77. The molecule has 1 unspecified atom stereocenters. The van der Waals surface area contributed by atoms with Crippen molar-refractivity contribution in [1.82, 2.24) is 5.32 Å². The van der Waals surface area contributed by atoms with Crippen molar-refractivity contribution in [3.8, 4) is 0 Å². The van der Waals surface area contributed by atoms with Crippen LogP contribution in [0.5, 0.6) is 0 Å². The van der Waals surface area contributed by atoms with E-state index in [-0.39, 0.29) is 0 Å². The summed E-state index contributed by atoms with van der Waals surface area (Å²) in [4.78, 5) is 0. The van der Waals surface area contributed by atoms with Gasteiger partial charge in [-0.05, 0) is 25.6 Å². The van der Waals surface area contributed by atoms with Gasteiger partial charge in [-0.25, -0.2) is 0 Å². The number of ether oxygens (including phenoxy) is 2. The minimum atomic E-state index is 0.652. The van der Waals surface area contributed by atoms with Crippen molar-refractivity contribution in [3.63, 3.8) is 0 Å². The summed E-state index contributed by atoms with van der Waals surface area (Å²) in [5.41, 5.74) is 0. The highest BCUT2D eigenvalue weighted by Gasteiger charge is 2.02. The highest BCUT2D eigenvalue weighted by molar-refractivity contribution is 7.98. The van der Waals surface area contributed by atoms with Gasteiger partial charge in [-0.2, -0.15) is 11.8 Å². The van der Waals surface area contributed by atoms with Gasteiger partial charge >= 0.3 is 0 Å². The molecule has 0 aromatic heterocycles. The molecular formula is C11H25NO2S. The van der Waals surface area contributed by atoms with Crippen molar-refractivity contribution < 1.29 is 9.47 Å². The van der Waals surface area contributed by atoms with E-state index in [2.05, 4.69) is 18.5 Å². The van der Waals surface area contributed by atoms with Crippen LogP contribution in [0.4, 0.5) is 0 Å². The maximum absolute atomic E-state index is 5.38. The summed E-state index contributed by atoms with van der Waals surface area (Å²) >= 11 is 1.90. The standard InChI is InChI=1S/C11H25NO2S/c1-4-11(10-15-3)12-6-5-7-14-9-8-13-2/h11-12H,4-10H2,1-3H3. The van der Waals surface area contributed by atoms with E-state index in [4.69, 9.17) is 9.47 Å². The van der Waals surface area contributed by atoms with Gasteiger partial charge in [-0.15, -0.1) is 0 Å². The quantitative estimate of drug-likeness (QED) is 0.553. The fraction of sp³-hybridized carbons (Fsp3) is 1.00. The lowest BCUT2D eigenvalue weighted by Crippen LogP contribution is -2.32. The lowest BCUT2D eigenvalue weighted by Gasteiger charge is -2.15. The summed E-state index contributed by atoms with van der Waals surface area (Å²) in [6, 6.07) is 0.652. The zero-order valence-electron chi connectivity index (χ0n) is 10.3. The number of thioether (sulfide) groups is 1. The molecule has 0 heterocycles. The van der Waals surface area contributed by atoms with Gasteiger partial charge in [-0.1, -0.05) is 6.92 Å². The topological polar surface area (TPSA) is 30.5 Å². The molecule has 0 aliphatic heterocycles. The van der Waals surface area contributed by atoms with Crippen molar-refractivity contribution in [2.24, 2.45) is 0 Å². The van der Waals surface area contributed by atoms with Crippen LogP contribution in [0.1, 0.15) is 19.8 Å². The Morgan fingerprint density at radius 1 is 1.27 bits per heavy atom. The summed E-state index contributed by atoms with van der Waals surface area (Å²) in [7, 11) is 1.69. The van der Waals surface area contributed by atoms with Gasteiger partial charge in [0, 0.05) is 25.5 Å². The predicted molar refractivity (Wildman–Crippen MR) is 67.8 cm³/mol. The molecule has 0 rings (SSSR count). The normalized spacial score (nSPS) is 13.0. The zero-order valence-corrected chi connectivity index (χ0v) is 11.1. The highest BCUT2D eigenvalue weighted by atomic mass is 32.2. The third-order valence-corrected chi connectivity index (χ3v) is 2.93. The zero-order chi connectivity index (χ0) is 11.4. The third kappa shape index (κ3) is 10.5. The molecule has 0 aromatic carbocycles. The van der Waals surface area contributed by atoms with Gasteiger partial charge in [0.05, 0.1) is 13.2 Å². The molecular weight excluding hydrogens is 210 g/mol. The molecule has 4 heteroatoms. The maximum atomic E-state index is 5.38. The Hall–Kier alpha value is 0.230. The van der Waals surface area contributed by atoms with Gasteiger partial charge in [0.2, 0.25) is 0 Å². The molecule has 1 atom stereocenters. The maximum Gasteiger partial charge on any atom is 0.0700 e. The Morgan fingerprint density at radius 3 is 2.67 bits per heavy atom. The average molecular weight is 235 g/mol. The van der Waals surface area contributed by atoms with E-state index in [1.807, 2.05) is 11.8 Å². The van der Waals surface area contributed by atoms with Crippen molar-refractivity contribution in [3.05, 3.63) is 0 Å². The molecule has 0 aliphatic rings. The van der Waals surface area contributed by atoms with Gasteiger partial charge in [0.25, 0.3) is 0 Å². The molecule has 0 saturated carbocycles. The number of hydrogen-bond donors (Lipinski definition) is 1. The van der Waals surface area contributed by atoms with E-state index < -0.39 is 0 Å². The number of methoxy groups -OCH3 is 1. The SMILES string of the molecule is CCC(CSC)NCCCOCCOC. The number of rotatable bonds is 11. The Kier molecular flexibility index (Phi) is 12.5. The minimum Gasteiger partial charge on any atom is -0.382 e. The van der Waals surface area contributed by atoms with Gasteiger partial charge in [0.1, 0.15) is 0 Å². The molecule has 0 bridgehead atoms. The van der Waals surface area contributed by atoms with Gasteiger partial charge in [0.15, 0.2) is 0 Å². The lowest BCUT2D eigenvalue weighted by atomic mass is 10.2. The summed E-state index contributed by atoms with van der Waals surface area (Å²) in [5, 5.41) is 3.53. The first kappa shape index (κ1) is 15.2. The molecule has 0 amide bonds. The summed E-state index contributed by atoms with van der Waals surface area (Å²) in [6.07, 6.45) is 4.43. The van der Waals surface area contributed by atoms with Gasteiger partial charge < -0.3 is 14.8 Å². The third-order valence-electron chi connectivity index (χ3n) is 2.19. The second kappa shape index (κ2) is 12.3. The van der Waals surface area contributed by atoms with Crippen molar-refractivity contribution in [2.75, 3.05) is 45.5 Å². The molecule has 15 heavy (non-hydrogen) atoms. The fourth-order valence-corrected chi connectivity index (χ4v) is 2.00. The lowest BCUT2D eigenvalue weighted by molar-refractivity contribution is 0.0693. The minimum absolute atomic E-state index is 0.652. The smallest absolute Gasteiger partial charge is 0.0700 e. The van der Waals surface area contributed by atoms with E-state index in [1.165, 1.54) is 12.2 Å². The Labute approximate surface area is 98.3 Å². The van der Waals surface area contributed by atoms with Crippen LogP contribution in [0, 0.1) is 0 Å². The van der Waals surface area contributed by atoms with Crippen LogP contribution < -0.4 is 5.32 Å². The van der Waals surface area contributed by atoms with E-state index in [1.54, 1.807) is 7.11 Å². The van der Waals surface area contributed by atoms with Crippen LogP contribution in [0.15, 0.2) is 0 Å². The van der Waals surface area contributed by atoms with Crippen LogP contribution in [0.25, 0.3) is 0 Å². The molecule has 0 radical (unpaired) electrons. The molecule has 0 saturated heterocycles. The molecule has 0 aliphatic carbocycles.